The summed E-state index contributed by atoms with van der Waals surface area (Å²) in [5.41, 5.74) is 3.02. The van der Waals surface area contributed by atoms with Crippen LogP contribution in [0.4, 0.5) is 0 Å². The highest BCUT2D eigenvalue weighted by Gasteiger charge is 2.21. The van der Waals surface area contributed by atoms with Gasteiger partial charge < -0.3 is 0 Å². The molecule has 1 N–H and O–H groups in total. The second kappa shape index (κ2) is 4.33. The van der Waals surface area contributed by atoms with Crippen LogP contribution in [-0.4, -0.2) is 15.5 Å². The number of hydrogen-bond acceptors (Lipinski definition) is 2. The fourth-order valence-corrected chi connectivity index (χ4v) is 2.58. The maximum atomic E-state index is 11.6. The van der Waals surface area contributed by atoms with Crippen molar-refractivity contribution in [2.24, 2.45) is 0 Å². The van der Waals surface area contributed by atoms with Gasteiger partial charge in [-0.1, -0.05) is 23.8 Å². The molecule has 1 aromatic carbocycles. The summed E-state index contributed by atoms with van der Waals surface area (Å²) < 4.78 is 25.6. The predicted octanol–water partition coefficient (Wildman–Crippen LogP) is 1.91. The first-order valence-electron chi connectivity index (χ1n) is 4.88. The maximum Gasteiger partial charge on any atom is 0.218 e. The van der Waals surface area contributed by atoms with Crippen molar-refractivity contribution in [1.29, 1.82) is 0 Å². The van der Waals surface area contributed by atoms with Crippen molar-refractivity contribution in [2.45, 2.75) is 26.0 Å². The van der Waals surface area contributed by atoms with E-state index in [0.717, 1.165) is 16.7 Å². The fourth-order valence-electron chi connectivity index (χ4n) is 1.63. The van der Waals surface area contributed by atoms with Gasteiger partial charge in [0, 0.05) is 0 Å². The molecule has 1 unspecified atom stereocenters. The summed E-state index contributed by atoms with van der Waals surface area (Å²) in [6, 6.07) is 5.81. The average molecular weight is 227 g/mol. The van der Waals surface area contributed by atoms with Crippen LogP contribution in [0.2, 0.25) is 0 Å². The van der Waals surface area contributed by atoms with Gasteiger partial charge in [-0.15, -0.1) is 0 Å². The molecule has 0 bridgehead atoms. The Labute approximate surface area is 91.6 Å². The van der Waals surface area contributed by atoms with Gasteiger partial charge in [0.1, 0.15) is 0 Å². The first kappa shape index (κ1) is 12.2. The maximum absolute atomic E-state index is 11.6. The smallest absolute Gasteiger partial charge is 0.218 e. The first-order chi connectivity index (χ1) is 6.88. The van der Waals surface area contributed by atoms with Gasteiger partial charge in [-0.25, -0.2) is 13.1 Å². The molecule has 0 saturated heterocycles. The predicted molar refractivity (Wildman–Crippen MR) is 62.3 cm³/mol. The molecule has 0 aliphatic carbocycles. The quantitative estimate of drug-likeness (QED) is 0.857. The Morgan fingerprint density at radius 1 is 1.27 bits per heavy atom. The molecule has 1 atom stereocenters. The largest absolute Gasteiger partial charge is 0.218 e. The second-order valence-corrected chi connectivity index (χ2v) is 5.96. The topological polar surface area (TPSA) is 46.2 Å². The average Bonchev–Trinajstić information content (AvgIpc) is 2.17. The van der Waals surface area contributed by atoms with Crippen molar-refractivity contribution in [1.82, 2.24) is 4.72 Å². The number of sulfonamides is 1. The highest BCUT2D eigenvalue weighted by molar-refractivity contribution is 7.89. The number of benzene rings is 1. The van der Waals surface area contributed by atoms with E-state index < -0.39 is 15.3 Å². The molecule has 0 aliphatic rings. The lowest BCUT2D eigenvalue weighted by molar-refractivity contribution is 0.577. The summed E-state index contributed by atoms with van der Waals surface area (Å²) in [7, 11) is -1.80. The first-order valence-corrected chi connectivity index (χ1v) is 6.42. The minimum Gasteiger partial charge on any atom is -0.218 e. The van der Waals surface area contributed by atoms with E-state index in [1.165, 1.54) is 7.05 Å². The molecule has 3 nitrogen and oxygen atoms in total. The van der Waals surface area contributed by atoms with E-state index in [2.05, 4.69) is 4.72 Å². The van der Waals surface area contributed by atoms with Gasteiger partial charge in [-0.05, 0) is 38.9 Å². The van der Waals surface area contributed by atoms with E-state index in [9.17, 15) is 8.42 Å². The number of rotatable bonds is 3. The minimum absolute atomic E-state index is 0.511. The summed E-state index contributed by atoms with van der Waals surface area (Å²) in [4.78, 5) is 0. The Bertz CT molecular complexity index is 452. The third-order valence-electron chi connectivity index (χ3n) is 2.61. The van der Waals surface area contributed by atoms with Gasteiger partial charge in [0.15, 0.2) is 0 Å². The minimum atomic E-state index is -3.24. The van der Waals surface area contributed by atoms with E-state index in [-0.39, 0.29) is 0 Å². The van der Waals surface area contributed by atoms with Crippen LogP contribution in [0.25, 0.3) is 0 Å². The Morgan fingerprint density at radius 2 is 1.87 bits per heavy atom. The molecule has 4 heteroatoms. The van der Waals surface area contributed by atoms with Crippen LogP contribution in [0, 0.1) is 13.8 Å². The summed E-state index contributed by atoms with van der Waals surface area (Å²) in [6.07, 6.45) is 0. The monoisotopic (exact) mass is 227 g/mol. The third kappa shape index (κ3) is 2.58. The molecule has 0 amide bonds. The number of aryl methyl sites for hydroxylation is 2. The van der Waals surface area contributed by atoms with Gasteiger partial charge >= 0.3 is 0 Å². The van der Waals surface area contributed by atoms with Crippen molar-refractivity contribution in [3.05, 3.63) is 34.9 Å². The van der Waals surface area contributed by atoms with Crippen LogP contribution in [0.15, 0.2) is 18.2 Å². The molecule has 0 heterocycles. The lowest BCUT2D eigenvalue weighted by Crippen LogP contribution is -2.24. The number of hydrogen-bond donors (Lipinski definition) is 1. The van der Waals surface area contributed by atoms with Crippen LogP contribution in [0.1, 0.15) is 28.9 Å². The van der Waals surface area contributed by atoms with Gasteiger partial charge in [0.25, 0.3) is 0 Å². The van der Waals surface area contributed by atoms with Crippen molar-refractivity contribution < 1.29 is 8.42 Å². The Morgan fingerprint density at radius 3 is 2.33 bits per heavy atom. The van der Waals surface area contributed by atoms with Crippen molar-refractivity contribution in [2.75, 3.05) is 7.05 Å². The zero-order valence-electron chi connectivity index (χ0n) is 9.53. The lowest BCUT2D eigenvalue weighted by Gasteiger charge is -2.15. The van der Waals surface area contributed by atoms with Crippen molar-refractivity contribution >= 4 is 10.0 Å². The van der Waals surface area contributed by atoms with Gasteiger partial charge in [0.05, 0.1) is 5.25 Å². The SMILES string of the molecule is CNS(=O)(=O)C(C)c1ccc(C)cc1C. The highest BCUT2D eigenvalue weighted by Crippen LogP contribution is 2.24. The molecule has 15 heavy (non-hydrogen) atoms. The molecule has 1 rings (SSSR count). The summed E-state index contributed by atoms with van der Waals surface area (Å²) >= 11 is 0. The lowest BCUT2D eigenvalue weighted by atomic mass is 10.0. The molecule has 0 aliphatic heterocycles. The van der Waals surface area contributed by atoms with E-state index in [0.29, 0.717) is 0 Å². The fraction of sp³-hybridized carbons (Fsp3) is 0.455. The van der Waals surface area contributed by atoms with E-state index in [1.807, 2.05) is 32.0 Å². The van der Waals surface area contributed by atoms with Crippen LogP contribution in [-0.2, 0) is 10.0 Å². The second-order valence-electron chi connectivity index (χ2n) is 3.75. The van der Waals surface area contributed by atoms with Gasteiger partial charge in [-0.2, -0.15) is 0 Å². The summed E-state index contributed by atoms with van der Waals surface area (Å²) in [5.74, 6) is 0. The summed E-state index contributed by atoms with van der Waals surface area (Å²) in [6.45, 7) is 5.63. The molecule has 0 saturated carbocycles. The Hall–Kier alpha value is -0.870. The molecule has 0 spiro atoms. The normalized spacial score (nSPS) is 13.9. The highest BCUT2D eigenvalue weighted by atomic mass is 32.2. The van der Waals surface area contributed by atoms with Crippen molar-refractivity contribution in [3.8, 4) is 0 Å². The van der Waals surface area contributed by atoms with Gasteiger partial charge in [-0.3, -0.25) is 0 Å². The van der Waals surface area contributed by atoms with Crippen molar-refractivity contribution in [3.63, 3.8) is 0 Å². The number of nitrogens with one attached hydrogen (secondary N) is 1. The van der Waals surface area contributed by atoms with Crippen LogP contribution >= 0.6 is 0 Å². The molecule has 1 aromatic rings. The molecule has 0 aromatic heterocycles. The van der Waals surface area contributed by atoms with E-state index in [4.69, 9.17) is 0 Å². The van der Waals surface area contributed by atoms with Crippen LogP contribution < -0.4 is 4.72 Å². The molecular weight excluding hydrogens is 210 g/mol. The third-order valence-corrected chi connectivity index (χ3v) is 4.37. The van der Waals surface area contributed by atoms with E-state index in [1.54, 1.807) is 6.92 Å². The standard InChI is InChI=1S/C11H17NO2S/c1-8-5-6-11(9(2)7-8)10(3)15(13,14)12-4/h5-7,10,12H,1-4H3. The van der Waals surface area contributed by atoms with E-state index >= 15 is 0 Å². The molecular formula is C11H17NO2S. The molecule has 84 valence electrons. The zero-order chi connectivity index (χ0) is 11.6. The molecule has 0 radical (unpaired) electrons. The van der Waals surface area contributed by atoms with Crippen LogP contribution in [0.5, 0.6) is 0 Å². The summed E-state index contributed by atoms with van der Waals surface area (Å²) in [5, 5.41) is -0.511. The Balaban J connectivity index is 3.18. The molecule has 0 fully saturated rings. The zero-order valence-corrected chi connectivity index (χ0v) is 10.4. The Kier molecular flexibility index (Phi) is 3.52. The van der Waals surface area contributed by atoms with Crippen LogP contribution in [0.3, 0.4) is 0 Å². The van der Waals surface area contributed by atoms with Gasteiger partial charge in [0.2, 0.25) is 10.0 Å².